The van der Waals surface area contributed by atoms with E-state index in [-0.39, 0.29) is 6.01 Å². The van der Waals surface area contributed by atoms with E-state index in [0.717, 1.165) is 29.3 Å². The van der Waals surface area contributed by atoms with Crippen molar-refractivity contribution in [1.82, 2.24) is 24.7 Å². The molecule has 3 aromatic heterocycles. The van der Waals surface area contributed by atoms with Gasteiger partial charge in [0.25, 0.3) is 0 Å². The molecule has 3 heterocycles. The number of aryl methyl sites for hydroxylation is 1. The average molecular weight is 393 g/mol. The maximum absolute atomic E-state index is 5.40. The van der Waals surface area contributed by atoms with E-state index in [0.29, 0.717) is 17.1 Å². The highest BCUT2D eigenvalue weighted by Gasteiger charge is 2.17. The number of ether oxygens (including phenoxy) is 2. The summed E-state index contributed by atoms with van der Waals surface area (Å²) in [5.74, 6) is 1.20. The third-order valence-electron chi connectivity index (χ3n) is 5.62. The Morgan fingerprint density at radius 3 is 2.66 bits per heavy atom. The summed E-state index contributed by atoms with van der Waals surface area (Å²) in [5.41, 5.74) is 4.43. The van der Waals surface area contributed by atoms with Gasteiger partial charge in [0.05, 0.1) is 25.5 Å². The Morgan fingerprint density at radius 2 is 1.90 bits per heavy atom. The van der Waals surface area contributed by atoms with E-state index < -0.39 is 0 Å². The van der Waals surface area contributed by atoms with Crippen LogP contribution in [0.5, 0.6) is 11.9 Å². The molecule has 3 aromatic rings. The van der Waals surface area contributed by atoms with Crippen LogP contribution in [-0.2, 0) is 6.54 Å². The van der Waals surface area contributed by atoms with E-state index in [1.54, 1.807) is 13.3 Å². The van der Waals surface area contributed by atoms with Crippen LogP contribution in [0.2, 0.25) is 0 Å². The normalized spacial score (nSPS) is 14.7. The lowest BCUT2D eigenvalue weighted by atomic mass is 9.89. The summed E-state index contributed by atoms with van der Waals surface area (Å²) in [6.07, 6.45) is 12.8. The van der Waals surface area contributed by atoms with Gasteiger partial charge in [0, 0.05) is 36.3 Å². The third kappa shape index (κ3) is 4.23. The molecule has 0 amide bonds. The summed E-state index contributed by atoms with van der Waals surface area (Å²) >= 11 is 0. The van der Waals surface area contributed by atoms with Gasteiger partial charge in [-0.25, -0.2) is 4.98 Å². The van der Waals surface area contributed by atoms with Gasteiger partial charge in [0.1, 0.15) is 5.69 Å². The molecule has 0 atom stereocenters. The molecule has 0 aromatic carbocycles. The predicted molar refractivity (Wildman–Crippen MR) is 111 cm³/mol. The van der Waals surface area contributed by atoms with Crippen molar-refractivity contribution in [1.29, 1.82) is 0 Å². The first kappa shape index (κ1) is 19.4. The molecule has 0 unspecified atom stereocenters. The standard InChI is InChI=1S/C22H27N5O2/c1-15-18(17-9-10-27(14-17)13-16-7-5-4-6-8-16)11-20(26-25-15)19-12-23-22(29-3)24-21(19)28-2/h9-12,14,16H,4-8,13H2,1-3H3. The zero-order valence-corrected chi connectivity index (χ0v) is 17.3. The van der Waals surface area contributed by atoms with Crippen LogP contribution in [0.1, 0.15) is 37.8 Å². The zero-order chi connectivity index (χ0) is 20.2. The molecule has 1 fully saturated rings. The molecular formula is C22H27N5O2. The third-order valence-corrected chi connectivity index (χ3v) is 5.62. The Morgan fingerprint density at radius 1 is 1.07 bits per heavy atom. The molecule has 0 spiro atoms. The molecular weight excluding hydrogens is 366 g/mol. The summed E-state index contributed by atoms with van der Waals surface area (Å²) in [7, 11) is 3.09. The number of nitrogens with zero attached hydrogens (tertiary/aromatic N) is 5. The maximum atomic E-state index is 5.40. The molecule has 0 radical (unpaired) electrons. The van der Waals surface area contributed by atoms with E-state index in [9.17, 15) is 0 Å². The fraction of sp³-hybridized carbons (Fsp3) is 0.455. The fourth-order valence-corrected chi connectivity index (χ4v) is 4.04. The molecule has 152 valence electrons. The SMILES string of the molecule is COc1ncc(-c2cc(-c3ccn(CC4CCCCC4)c3)c(C)nn2)c(OC)n1. The van der Waals surface area contributed by atoms with Gasteiger partial charge in [-0.15, -0.1) is 5.10 Å². The first-order valence-electron chi connectivity index (χ1n) is 10.1. The summed E-state index contributed by atoms with van der Waals surface area (Å²) in [5, 5.41) is 8.71. The molecule has 1 aliphatic carbocycles. The Kier molecular flexibility index (Phi) is 5.74. The Labute approximate surface area is 171 Å². The molecule has 29 heavy (non-hydrogen) atoms. The van der Waals surface area contributed by atoms with Crippen LogP contribution in [0.4, 0.5) is 0 Å². The van der Waals surface area contributed by atoms with Crippen molar-refractivity contribution >= 4 is 0 Å². The largest absolute Gasteiger partial charge is 0.480 e. The molecule has 0 aliphatic heterocycles. The van der Waals surface area contributed by atoms with Crippen LogP contribution < -0.4 is 9.47 Å². The second-order valence-electron chi connectivity index (χ2n) is 7.61. The van der Waals surface area contributed by atoms with Crippen molar-refractivity contribution in [2.45, 2.75) is 45.6 Å². The quantitative estimate of drug-likeness (QED) is 0.621. The molecule has 0 saturated heterocycles. The van der Waals surface area contributed by atoms with Crippen LogP contribution >= 0.6 is 0 Å². The van der Waals surface area contributed by atoms with Crippen LogP contribution in [0.15, 0.2) is 30.7 Å². The van der Waals surface area contributed by atoms with Gasteiger partial charge in [0.15, 0.2) is 0 Å². The minimum Gasteiger partial charge on any atom is -0.480 e. The highest BCUT2D eigenvalue weighted by atomic mass is 16.5. The average Bonchev–Trinajstić information content (AvgIpc) is 3.22. The lowest BCUT2D eigenvalue weighted by Crippen LogP contribution is -2.12. The highest BCUT2D eigenvalue weighted by Crippen LogP contribution is 2.32. The van der Waals surface area contributed by atoms with Crippen molar-refractivity contribution < 1.29 is 9.47 Å². The number of hydrogen-bond donors (Lipinski definition) is 0. The minimum atomic E-state index is 0.255. The molecule has 0 bridgehead atoms. The van der Waals surface area contributed by atoms with Crippen molar-refractivity contribution in [3.63, 3.8) is 0 Å². The predicted octanol–water partition coefficient (Wildman–Crippen LogP) is 4.31. The summed E-state index contributed by atoms with van der Waals surface area (Å²) in [6, 6.07) is 4.43. The van der Waals surface area contributed by atoms with E-state index in [2.05, 4.69) is 43.2 Å². The van der Waals surface area contributed by atoms with Crippen molar-refractivity contribution in [2.24, 2.45) is 5.92 Å². The lowest BCUT2D eigenvalue weighted by Gasteiger charge is -2.21. The van der Waals surface area contributed by atoms with E-state index in [1.807, 2.05) is 13.0 Å². The van der Waals surface area contributed by atoms with Crippen LogP contribution in [0, 0.1) is 12.8 Å². The van der Waals surface area contributed by atoms with Gasteiger partial charge >= 0.3 is 6.01 Å². The topological polar surface area (TPSA) is 75.0 Å². The number of aromatic nitrogens is 5. The van der Waals surface area contributed by atoms with E-state index >= 15 is 0 Å². The summed E-state index contributed by atoms with van der Waals surface area (Å²) in [6.45, 7) is 3.07. The Balaban J connectivity index is 1.62. The molecule has 7 nitrogen and oxygen atoms in total. The fourth-order valence-electron chi connectivity index (χ4n) is 4.04. The second kappa shape index (κ2) is 8.59. The number of rotatable bonds is 6. The van der Waals surface area contributed by atoms with E-state index in [4.69, 9.17) is 9.47 Å². The molecule has 0 N–H and O–H groups in total. The van der Waals surface area contributed by atoms with Gasteiger partial charge in [-0.2, -0.15) is 10.1 Å². The zero-order valence-electron chi connectivity index (χ0n) is 17.3. The Bertz CT molecular complexity index is 979. The van der Waals surface area contributed by atoms with Crippen LogP contribution in [-0.4, -0.2) is 39.0 Å². The minimum absolute atomic E-state index is 0.255. The smallest absolute Gasteiger partial charge is 0.319 e. The number of hydrogen-bond acceptors (Lipinski definition) is 6. The molecule has 1 saturated carbocycles. The van der Waals surface area contributed by atoms with Gasteiger partial charge in [-0.05, 0) is 37.8 Å². The molecule has 1 aliphatic rings. The van der Waals surface area contributed by atoms with Gasteiger partial charge < -0.3 is 14.0 Å². The lowest BCUT2D eigenvalue weighted by molar-refractivity contribution is 0.319. The van der Waals surface area contributed by atoms with Gasteiger partial charge in [-0.1, -0.05) is 19.3 Å². The first-order chi connectivity index (χ1) is 14.2. The summed E-state index contributed by atoms with van der Waals surface area (Å²) < 4.78 is 12.8. The highest BCUT2D eigenvalue weighted by molar-refractivity contribution is 5.73. The monoisotopic (exact) mass is 393 g/mol. The maximum Gasteiger partial charge on any atom is 0.319 e. The van der Waals surface area contributed by atoms with Crippen LogP contribution in [0.3, 0.4) is 0 Å². The van der Waals surface area contributed by atoms with E-state index in [1.165, 1.54) is 39.2 Å². The summed E-state index contributed by atoms with van der Waals surface area (Å²) in [4.78, 5) is 8.44. The molecule has 7 heteroatoms. The molecule has 4 rings (SSSR count). The van der Waals surface area contributed by atoms with Crippen molar-refractivity contribution in [3.8, 4) is 34.3 Å². The Hall–Kier alpha value is -2.96. The van der Waals surface area contributed by atoms with Gasteiger partial charge in [-0.3, -0.25) is 0 Å². The number of methoxy groups -OCH3 is 2. The second-order valence-corrected chi connectivity index (χ2v) is 7.61. The first-order valence-corrected chi connectivity index (χ1v) is 10.1. The van der Waals surface area contributed by atoms with Gasteiger partial charge in [0.2, 0.25) is 5.88 Å². The van der Waals surface area contributed by atoms with Crippen molar-refractivity contribution in [3.05, 3.63) is 36.4 Å². The van der Waals surface area contributed by atoms with Crippen LogP contribution in [0.25, 0.3) is 22.4 Å². The van der Waals surface area contributed by atoms with Crippen molar-refractivity contribution in [2.75, 3.05) is 14.2 Å².